The molecule has 3 heteroatoms. The lowest BCUT2D eigenvalue weighted by Gasteiger charge is -2.16. The zero-order valence-corrected chi connectivity index (χ0v) is 10.2. The first-order chi connectivity index (χ1) is 7.65. The largest absolute Gasteiger partial charge is 0.312 e. The summed E-state index contributed by atoms with van der Waals surface area (Å²) in [5.74, 6) is 1.32. The van der Waals surface area contributed by atoms with Crippen LogP contribution < -0.4 is 5.32 Å². The van der Waals surface area contributed by atoms with Crippen LogP contribution in [0, 0.1) is 23.2 Å². The van der Waals surface area contributed by atoms with Gasteiger partial charge in [0.15, 0.2) is 0 Å². The summed E-state index contributed by atoms with van der Waals surface area (Å²) < 4.78 is 0. The van der Waals surface area contributed by atoms with Crippen molar-refractivity contribution in [2.24, 2.45) is 11.8 Å². The number of nitriles is 1. The van der Waals surface area contributed by atoms with E-state index in [1.807, 2.05) is 12.1 Å². The van der Waals surface area contributed by atoms with Gasteiger partial charge in [0, 0.05) is 18.3 Å². The SMILES string of the molecule is CC(C)C(C)CNCc1cccnc1C#N. The molecule has 86 valence electrons. The molecule has 0 amide bonds. The molecule has 1 unspecified atom stereocenters. The van der Waals surface area contributed by atoms with E-state index in [1.54, 1.807) is 6.20 Å². The van der Waals surface area contributed by atoms with Gasteiger partial charge in [-0.25, -0.2) is 4.98 Å². The summed E-state index contributed by atoms with van der Waals surface area (Å²) in [6.45, 7) is 8.35. The van der Waals surface area contributed by atoms with Crippen molar-refractivity contribution in [1.29, 1.82) is 5.26 Å². The lowest BCUT2D eigenvalue weighted by Crippen LogP contribution is -2.24. The monoisotopic (exact) mass is 217 g/mol. The zero-order valence-electron chi connectivity index (χ0n) is 10.2. The lowest BCUT2D eigenvalue weighted by molar-refractivity contribution is 0.392. The number of rotatable bonds is 5. The van der Waals surface area contributed by atoms with E-state index in [1.165, 1.54) is 0 Å². The summed E-state index contributed by atoms with van der Waals surface area (Å²) in [7, 11) is 0. The van der Waals surface area contributed by atoms with Crippen LogP contribution in [-0.2, 0) is 6.54 Å². The first kappa shape index (κ1) is 12.7. The van der Waals surface area contributed by atoms with E-state index in [0.29, 0.717) is 24.1 Å². The maximum atomic E-state index is 8.87. The van der Waals surface area contributed by atoms with Crippen LogP contribution in [0.1, 0.15) is 32.0 Å². The van der Waals surface area contributed by atoms with Gasteiger partial charge in [-0.2, -0.15) is 5.26 Å². The number of hydrogen-bond acceptors (Lipinski definition) is 3. The van der Waals surface area contributed by atoms with E-state index in [4.69, 9.17) is 5.26 Å². The van der Waals surface area contributed by atoms with Gasteiger partial charge >= 0.3 is 0 Å². The Morgan fingerprint density at radius 1 is 1.44 bits per heavy atom. The van der Waals surface area contributed by atoms with Gasteiger partial charge in [0.25, 0.3) is 0 Å². The summed E-state index contributed by atoms with van der Waals surface area (Å²) in [5.41, 5.74) is 1.49. The third-order valence-electron chi connectivity index (χ3n) is 2.92. The molecule has 0 fully saturated rings. The highest BCUT2D eigenvalue weighted by Gasteiger charge is 2.07. The lowest BCUT2D eigenvalue weighted by atomic mass is 9.98. The van der Waals surface area contributed by atoms with Gasteiger partial charge in [-0.05, 0) is 24.4 Å². The highest BCUT2D eigenvalue weighted by molar-refractivity contribution is 5.30. The standard InChI is InChI=1S/C13H19N3/c1-10(2)11(3)8-15-9-12-5-4-6-16-13(12)7-14/h4-6,10-11,15H,8-9H2,1-3H3. The van der Waals surface area contributed by atoms with Crippen molar-refractivity contribution in [3.8, 4) is 6.07 Å². The van der Waals surface area contributed by atoms with Crippen LogP contribution in [0.15, 0.2) is 18.3 Å². The fraction of sp³-hybridized carbons (Fsp3) is 0.538. The second-order valence-electron chi connectivity index (χ2n) is 4.48. The van der Waals surface area contributed by atoms with Crippen molar-refractivity contribution in [3.05, 3.63) is 29.6 Å². The molecule has 1 aromatic heterocycles. The Labute approximate surface area is 97.5 Å². The van der Waals surface area contributed by atoms with Crippen LogP contribution in [-0.4, -0.2) is 11.5 Å². The quantitative estimate of drug-likeness (QED) is 0.823. The molecule has 0 saturated carbocycles. The average molecular weight is 217 g/mol. The molecule has 16 heavy (non-hydrogen) atoms. The Hall–Kier alpha value is -1.40. The number of hydrogen-bond donors (Lipinski definition) is 1. The minimum Gasteiger partial charge on any atom is -0.312 e. The summed E-state index contributed by atoms with van der Waals surface area (Å²) in [4.78, 5) is 4.03. The molecule has 0 aliphatic carbocycles. The van der Waals surface area contributed by atoms with Crippen LogP contribution in [0.5, 0.6) is 0 Å². The third-order valence-corrected chi connectivity index (χ3v) is 2.92. The Balaban J connectivity index is 2.46. The molecule has 1 atom stereocenters. The normalized spacial score (nSPS) is 12.4. The highest BCUT2D eigenvalue weighted by atomic mass is 14.9. The minimum atomic E-state index is 0.521. The van der Waals surface area contributed by atoms with Gasteiger partial charge in [-0.3, -0.25) is 0 Å². The summed E-state index contributed by atoms with van der Waals surface area (Å²) in [5, 5.41) is 12.2. The molecule has 1 aromatic rings. The zero-order chi connectivity index (χ0) is 12.0. The van der Waals surface area contributed by atoms with E-state index < -0.39 is 0 Å². The van der Waals surface area contributed by atoms with Crippen molar-refractivity contribution in [2.45, 2.75) is 27.3 Å². The molecule has 0 aromatic carbocycles. The Kier molecular flexibility index (Phi) is 4.94. The predicted molar refractivity (Wildman–Crippen MR) is 64.7 cm³/mol. The number of pyridine rings is 1. The van der Waals surface area contributed by atoms with Crippen molar-refractivity contribution in [3.63, 3.8) is 0 Å². The van der Waals surface area contributed by atoms with Gasteiger partial charge in [-0.1, -0.05) is 26.8 Å². The maximum absolute atomic E-state index is 8.87. The van der Waals surface area contributed by atoms with E-state index in [9.17, 15) is 0 Å². The fourth-order valence-corrected chi connectivity index (χ4v) is 1.35. The van der Waals surface area contributed by atoms with Crippen molar-refractivity contribution in [1.82, 2.24) is 10.3 Å². The summed E-state index contributed by atoms with van der Waals surface area (Å²) >= 11 is 0. The molecular weight excluding hydrogens is 198 g/mol. The summed E-state index contributed by atoms with van der Waals surface area (Å²) in [6.07, 6.45) is 1.65. The van der Waals surface area contributed by atoms with Crippen LogP contribution in [0.3, 0.4) is 0 Å². The van der Waals surface area contributed by atoms with E-state index >= 15 is 0 Å². The number of nitrogens with one attached hydrogen (secondary N) is 1. The fourth-order valence-electron chi connectivity index (χ4n) is 1.35. The van der Waals surface area contributed by atoms with Crippen LogP contribution in [0.4, 0.5) is 0 Å². The van der Waals surface area contributed by atoms with Crippen LogP contribution >= 0.6 is 0 Å². The Morgan fingerprint density at radius 3 is 2.81 bits per heavy atom. The van der Waals surface area contributed by atoms with Crippen molar-refractivity contribution >= 4 is 0 Å². The van der Waals surface area contributed by atoms with Gasteiger partial charge < -0.3 is 5.32 Å². The first-order valence-electron chi connectivity index (χ1n) is 5.70. The van der Waals surface area contributed by atoms with Gasteiger partial charge in [0.1, 0.15) is 11.8 Å². The van der Waals surface area contributed by atoms with Crippen molar-refractivity contribution in [2.75, 3.05) is 6.54 Å². The molecule has 1 rings (SSSR count). The van der Waals surface area contributed by atoms with Crippen LogP contribution in [0.25, 0.3) is 0 Å². The Bertz CT molecular complexity index is 366. The second-order valence-corrected chi connectivity index (χ2v) is 4.48. The molecule has 1 heterocycles. The molecule has 0 radical (unpaired) electrons. The average Bonchev–Trinajstić information content (AvgIpc) is 2.29. The molecule has 0 bridgehead atoms. The molecule has 3 nitrogen and oxygen atoms in total. The smallest absolute Gasteiger partial charge is 0.144 e. The number of aromatic nitrogens is 1. The van der Waals surface area contributed by atoms with Crippen molar-refractivity contribution < 1.29 is 0 Å². The number of nitrogens with zero attached hydrogens (tertiary/aromatic N) is 2. The van der Waals surface area contributed by atoms with E-state index in [0.717, 1.165) is 12.1 Å². The molecule has 0 aliphatic rings. The minimum absolute atomic E-state index is 0.521. The second kappa shape index (κ2) is 6.24. The van der Waals surface area contributed by atoms with Gasteiger partial charge in [-0.15, -0.1) is 0 Å². The van der Waals surface area contributed by atoms with E-state index in [-0.39, 0.29) is 0 Å². The molecule has 0 saturated heterocycles. The van der Waals surface area contributed by atoms with Crippen LogP contribution in [0.2, 0.25) is 0 Å². The predicted octanol–water partition coefficient (Wildman–Crippen LogP) is 2.33. The Morgan fingerprint density at radius 2 is 2.19 bits per heavy atom. The third kappa shape index (κ3) is 3.63. The van der Waals surface area contributed by atoms with Gasteiger partial charge in [0.2, 0.25) is 0 Å². The first-order valence-corrected chi connectivity index (χ1v) is 5.70. The maximum Gasteiger partial charge on any atom is 0.144 e. The molecule has 1 N–H and O–H groups in total. The topological polar surface area (TPSA) is 48.7 Å². The summed E-state index contributed by atoms with van der Waals surface area (Å²) in [6, 6.07) is 5.91. The highest BCUT2D eigenvalue weighted by Crippen LogP contribution is 2.08. The molecular formula is C13H19N3. The van der Waals surface area contributed by atoms with Gasteiger partial charge in [0.05, 0.1) is 0 Å². The molecule has 0 aliphatic heterocycles. The van der Waals surface area contributed by atoms with E-state index in [2.05, 4.69) is 37.1 Å². The molecule has 0 spiro atoms.